The van der Waals surface area contributed by atoms with Gasteiger partial charge in [-0.1, -0.05) is 12.1 Å². The van der Waals surface area contributed by atoms with Gasteiger partial charge in [0.05, 0.1) is 0 Å². The molecule has 1 aliphatic rings. The summed E-state index contributed by atoms with van der Waals surface area (Å²) in [6.45, 7) is 2.70. The van der Waals surface area contributed by atoms with Crippen LogP contribution in [0.4, 0.5) is 5.69 Å². The second kappa shape index (κ2) is 4.03. The molecule has 80 valence electrons. The number of hydrogen-bond donors (Lipinski definition) is 1. The first-order valence-electron chi connectivity index (χ1n) is 5.24. The molecule has 0 aromatic heterocycles. The van der Waals surface area contributed by atoms with Crippen LogP contribution in [-0.2, 0) is 4.79 Å². The molecule has 15 heavy (non-hydrogen) atoms. The number of benzene rings is 1. The van der Waals surface area contributed by atoms with Crippen molar-refractivity contribution >= 4 is 11.6 Å². The highest BCUT2D eigenvalue weighted by molar-refractivity contribution is 5.97. The average molecular weight is 205 g/mol. The van der Waals surface area contributed by atoms with Gasteiger partial charge in [-0.15, -0.1) is 0 Å². The van der Waals surface area contributed by atoms with Gasteiger partial charge in [0.1, 0.15) is 6.10 Å². The molecule has 2 rings (SSSR count). The first kappa shape index (κ1) is 10.2. The number of rotatable bonds is 1. The number of aliphatic hydroxyl groups is 1. The summed E-state index contributed by atoms with van der Waals surface area (Å²) in [6, 6.07) is 7.80. The van der Waals surface area contributed by atoms with Crippen molar-refractivity contribution in [1.29, 1.82) is 0 Å². The zero-order valence-corrected chi connectivity index (χ0v) is 8.81. The summed E-state index contributed by atoms with van der Waals surface area (Å²) in [7, 11) is 0. The largest absolute Gasteiger partial charge is 0.383 e. The van der Waals surface area contributed by atoms with Gasteiger partial charge in [-0.05, 0) is 37.5 Å². The van der Waals surface area contributed by atoms with E-state index >= 15 is 0 Å². The lowest BCUT2D eigenvalue weighted by Crippen LogP contribution is -2.44. The maximum Gasteiger partial charge on any atom is 0.255 e. The molecule has 1 fully saturated rings. The highest BCUT2D eigenvalue weighted by Crippen LogP contribution is 2.21. The van der Waals surface area contributed by atoms with E-state index in [2.05, 4.69) is 0 Å². The van der Waals surface area contributed by atoms with E-state index in [4.69, 9.17) is 0 Å². The summed E-state index contributed by atoms with van der Waals surface area (Å²) in [5.74, 6) is -0.174. The molecule has 1 N–H and O–H groups in total. The zero-order chi connectivity index (χ0) is 10.8. The lowest BCUT2D eigenvalue weighted by molar-refractivity contribution is -0.128. The van der Waals surface area contributed by atoms with E-state index in [0.717, 1.165) is 17.7 Å². The van der Waals surface area contributed by atoms with Crippen molar-refractivity contribution < 1.29 is 9.90 Å². The number of hydrogen-bond acceptors (Lipinski definition) is 2. The van der Waals surface area contributed by atoms with E-state index in [0.29, 0.717) is 13.0 Å². The fraction of sp³-hybridized carbons (Fsp3) is 0.417. The van der Waals surface area contributed by atoms with Crippen LogP contribution in [0.3, 0.4) is 0 Å². The van der Waals surface area contributed by atoms with E-state index in [1.807, 2.05) is 31.2 Å². The van der Waals surface area contributed by atoms with Gasteiger partial charge in [0, 0.05) is 12.2 Å². The second-order valence-electron chi connectivity index (χ2n) is 3.99. The van der Waals surface area contributed by atoms with Gasteiger partial charge in [-0.25, -0.2) is 0 Å². The van der Waals surface area contributed by atoms with Crippen molar-refractivity contribution in [2.45, 2.75) is 25.9 Å². The number of carbonyl (C=O) groups is 1. The molecule has 1 unspecified atom stereocenters. The third kappa shape index (κ3) is 2.02. The van der Waals surface area contributed by atoms with Crippen molar-refractivity contribution in [3.05, 3.63) is 29.8 Å². The Bertz CT molecular complexity index is 376. The summed E-state index contributed by atoms with van der Waals surface area (Å²) in [6.07, 6.45) is 0.626. The number of amides is 1. The van der Waals surface area contributed by atoms with Gasteiger partial charge in [0.15, 0.2) is 0 Å². The number of anilines is 1. The molecule has 3 heteroatoms. The summed E-state index contributed by atoms with van der Waals surface area (Å²) >= 11 is 0. The molecule has 0 spiro atoms. The molecule has 1 aromatic carbocycles. The van der Waals surface area contributed by atoms with E-state index < -0.39 is 6.10 Å². The Labute approximate surface area is 89.3 Å². The Kier molecular flexibility index (Phi) is 2.73. The quantitative estimate of drug-likeness (QED) is 0.754. The van der Waals surface area contributed by atoms with Crippen LogP contribution in [0.25, 0.3) is 0 Å². The predicted molar refractivity (Wildman–Crippen MR) is 58.8 cm³/mol. The van der Waals surface area contributed by atoms with Crippen molar-refractivity contribution in [2.24, 2.45) is 0 Å². The average Bonchev–Trinajstić information content (AvgIpc) is 2.22. The number of aryl methyl sites for hydroxylation is 1. The van der Waals surface area contributed by atoms with Crippen LogP contribution in [0.15, 0.2) is 24.3 Å². The minimum atomic E-state index is -0.820. The Morgan fingerprint density at radius 2 is 2.27 bits per heavy atom. The monoisotopic (exact) mass is 205 g/mol. The molecule has 1 amide bonds. The minimum Gasteiger partial charge on any atom is -0.383 e. The molecule has 1 aromatic rings. The maximum atomic E-state index is 11.7. The van der Waals surface area contributed by atoms with Crippen LogP contribution in [-0.4, -0.2) is 23.7 Å². The summed E-state index contributed by atoms with van der Waals surface area (Å²) in [5.41, 5.74) is 2.01. The molecule has 1 atom stereocenters. The molecular formula is C12H15NO2. The second-order valence-corrected chi connectivity index (χ2v) is 3.99. The fourth-order valence-corrected chi connectivity index (χ4v) is 1.91. The molecule has 0 aliphatic carbocycles. The third-order valence-electron chi connectivity index (χ3n) is 2.72. The molecule has 3 nitrogen and oxygen atoms in total. The van der Waals surface area contributed by atoms with Gasteiger partial charge in [-0.2, -0.15) is 0 Å². The van der Waals surface area contributed by atoms with Crippen LogP contribution in [0.5, 0.6) is 0 Å². The van der Waals surface area contributed by atoms with E-state index in [1.54, 1.807) is 4.90 Å². The Hall–Kier alpha value is -1.35. The van der Waals surface area contributed by atoms with Crippen LogP contribution in [0.2, 0.25) is 0 Å². The molecule has 0 saturated carbocycles. The van der Waals surface area contributed by atoms with Crippen molar-refractivity contribution in [1.82, 2.24) is 0 Å². The fourth-order valence-electron chi connectivity index (χ4n) is 1.91. The summed E-state index contributed by atoms with van der Waals surface area (Å²) < 4.78 is 0. The number of carbonyl (C=O) groups excluding carboxylic acids is 1. The SMILES string of the molecule is Cc1cccc(N2CCCC(O)C2=O)c1. The van der Waals surface area contributed by atoms with Crippen molar-refractivity contribution in [3.8, 4) is 0 Å². The maximum absolute atomic E-state index is 11.7. The Balaban J connectivity index is 2.26. The lowest BCUT2D eigenvalue weighted by Gasteiger charge is -2.30. The van der Waals surface area contributed by atoms with Gasteiger partial charge in [0.2, 0.25) is 0 Å². The van der Waals surface area contributed by atoms with E-state index in [1.165, 1.54) is 0 Å². The first-order valence-corrected chi connectivity index (χ1v) is 5.24. The molecule has 1 heterocycles. The summed E-state index contributed by atoms with van der Waals surface area (Å²) in [5, 5.41) is 9.49. The Morgan fingerprint density at radius 3 is 3.00 bits per heavy atom. The number of piperidine rings is 1. The van der Waals surface area contributed by atoms with Gasteiger partial charge in [-0.3, -0.25) is 4.79 Å². The normalized spacial score (nSPS) is 21.9. The topological polar surface area (TPSA) is 40.5 Å². The predicted octanol–water partition coefficient (Wildman–Crippen LogP) is 1.48. The van der Waals surface area contributed by atoms with E-state index in [9.17, 15) is 9.90 Å². The van der Waals surface area contributed by atoms with Gasteiger partial charge in [0.25, 0.3) is 5.91 Å². The van der Waals surface area contributed by atoms with Crippen LogP contribution in [0, 0.1) is 6.92 Å². The molecule has 1 aliphatic heterocycles. The first-order chi connectivity index (χ1) is 7.18. The van der Waals surface area contributed by atoms with E-state index in [-0.39, 0.29) is 5.91 Å². The smallest absolute Gasteiger partial charge is 0.255 e. The van der Waals surface area contributed by atoms with Gasteiger partial charge >= 0.3 is 0 Å². The molecular weight excluding hydrogens is 190 g/mol. The third-order valence-corrected chi connectivity index (χ3v) is 2.72. The minimum absolute atomic E-state index is 0.174. The standard InChI is InChI=1S/C12H15NO2/c1-9-4-2-5-10(8-9)13-7-3-6-11(14)12(13)15/h2,4-5,8,11,14H,3,6-7H2,1H3. The Morgan fingerprint density at radius 1 is 1.47 bits per heavy atom. The summed E-state index contributed by atoms with van der Waals surface area (Å²) in [4.78, 5) is 13.4. The molecule has 0 radical (unpaired) electrons. The highest BCUT2D eigenvalue weighted by atomic mass is 16.3. The van der Waals surface area contributed by atoms with Crippen molar-refractivity contribution in [3.63, 3.8) is 0 Å². The van der Waals surface area contributed by atoms with Crippen LogP contribution < -0.4 is 4.90 Å². The molecule has 1 saturated heterocycles. The van der Waals surface area contributed by atoms with Crippen LogP contribution in [0.1, 0.15) is 18.4 Å². The number of aliphatic hydroxyl groups excluding tert-OH is 1. The highest BCUT2D eigenvalue weighted by Gasteiger charge is 2.27. The van der Waals surface area contributed by atoms with Gasteiger partial charge < -0.3 is 10.0 Å². The zero-order valence-electron chi connectivity index (χ0n) is 8.81. The number of nitrogens with zero attached hydrogens (tertiary/aromatic N) is 1. The lowest BCUT2D eigenvalue weighted by atomic mass is 10.1. The van der Waals surface area contributed by atoms with Crippen LogP contribution >= 0.6 is 0 Å². The van der Waals surface area contributed by atoms with Crippen molar-refractivity contribution in [2.75, 3.05) is 11.4 Å². The molecule has 0 bridgehead atoms.